The molecule has 1 aliphatic carbocycles. The molecule has 1 aromatic rings. The second-order valence-corrected chi connectivity index (χ2v) is 7.94. The molecular weight excluding hydrogens is 276 g/mol. The predicted molar refractivity (Wildman–Crippen MR) is 78.3 cm³/mol. The number of aryl methyl sites for hydroxylation is 1. The van der Waals surface area contributed by atoms with Crippen molar-refractivity contribution < 1.29 is 8.42 Å². The number of nitrogens with two attached hydrogens (primary N) is 1. The first-order valence-corrected chi connectivity index (χ1v) is 8.95. The first-order valence-electron chi connectivity index (χ1n) is 7.13. The van der Waals surface area contributed by atoms with Crippen LogP contribution in [0.5, 0.6) is 0 Å². The fourth-order valence-electron chi connectivity index (χ4n) is 3.03. The lowest BCUT2D eigenvalue weighted by Gasteiger charge is -2.20. The Labute approximate surface area is 119 Å². The van der Waals surface area contributed by atoms with E-state index in [4.69, 9.17) is 5.73 Å². The van der Waals surface area contributed by atoms with E-state index in [0.29, 0.717) is 18.2 Å². The first-order chi connectivity index (χ1) is 9.53. The highest BCUT2D eigenvalue weighted by Gasteiger charge is 2.28. The summed E-state index contributed by atoms with van der Waals surface area (Å²) in [6, 6.07) is 0. The summed E-state index contributed by atoms with van der Waals surface area (Å²) in [4.78, 5) is 8.60. The Bertz CT molecular complexity index is 615. The smallest absolute Gasteiger partial charge is 0.222 e. The second kappa shape index (κ2) is 5.20. The van der Waals surface area contributed by atoms with E-state index >= 15 is 0 Å². The van der Waals surface area contributed by atoms with Gasteiger partial charge in [0, 0.05) is 12.1 Å². The zero-order valence-corrected chi connectivity index (χ0v) is 12.2. The van der Waals surface area contributed by atoms with Crippen LogP contribution >= 0.6 is 0 Å². The highest BCUT2D eigenvalue weighted by Crippen LogP contribution is 2.27. The number of nitrogens with one attached hydrogen (secondary N) is 1. The van der Waals surface area contributed by atoms with E-state index in [2.05, 4.69) is 15.3 Å². The lowest BCUT2D eigenvalue weighted by atomic mass is 9.96. The molecule has 7 heteroatoms. The van der Waals surface area contributed by atoms with Gasteiger partial charge in [0.15, 0.2) is 9.84 Å². The molecule has 2 heterocycles. The topological polar surface area (TPSA) is 98.0 Å². The summed E-state index contributed by atoms with van der Waals surface area (Å²) >= 11 is 0. The van der Waals surface area contributed by atoms with E-state index < -0.39 is 9.84 Å². The van der Waals surface area contributed by atoms with E-state index in [0.717, 1.165) is 49.2 Å². The van der Waals surface area contributed by atoms with Crippen LogP contribution in [0.25, 0.3) is 0 Å². The van der Waals surface area contributed by atoms with Crippen LogP contribution in [-0.2, 0) is 22.7 Å². The number of anilines is 2. The molecular formula is C13H20N4O2S. The van der Waals surface area contributed by atoms with Crippen LogP contribution in [0.1, 0.15) is 30.5 Å². The average Bonchev–Trinajstić information content (AvgIpc) is 2.75. The van der Waals surface area contributed by atoms with Crippen molar-refractivity contribution in [3.8, 4) is 0 Å². The molecule has 0 aromatic carbocycles. The van der Waals surface area contributed by atoms with Crippen molar-refractivity contribution in [1.82, 2.24) is 9.97 Å². The fraction of sp³-hybridized carbons (Fsp3) is 0.692. The molecule has 20 heavy (non-hydrogen) atoms. The minimum absolute atomic E-state index is 0.176. The number of hydrogen-bond donors (Lipinski definition) is 2. The van der Waals surface area contributed by atoms with Crippen molar-refractivity contribution in [3.63, 3.8) is 0 Å². The third-order valence-corrected chi connectivity index (χ3v) is 5.92. The average molecular weight is 296 g/mol. The van der Waals surface area contributed by atoms with Crippen LogP contribution in [-0.4, -0.2) is 36.4 Å². The molecule has 0 spiro atoms. The third kappa shape index (κ3) is 2.87. The summed E-state index contributed by atoms with van der Waals surface area (Å²) < 4.78 is 22.9. The standard InChI is InChI=1S/C13H20N4O2S/c14-13-16-11-4-2-1-3-10(11)12(17-13)15-7-9-5-6-20(18,19)8-9/h9H,1-8H2,(H3,14,15,16,17)/t9-/m0/s1. The third-order valence-electron chi connectivity index (χ3n) is 4.09. The van der Waals surface area contributed by atoms with Crippen LogP contribution in [0.4, 0.5) is 11.8 Å². The van der Waals surface area contributed by atoms with Gasteiger partial charge in [-0.3, -0.25) is 0 Å². The monoisotopic (exact) mass is 296 g/mol. The van der Waals surface area contributed by atoms with Crippen molar-refractivity contribution >= 4 is 21.6 Å². The number of nitrogen functional groups attached to an aromatic ring is 1. The van der Waals surface area contributed by atoms with E-state index in [9.17, 15) is 8.42 Å². The Kier molecular flexibility index (Phi) is 3.54. The first kappa shape index (κ1) is 13.6. The van der Waals surface area contributed by atoms with E-state index in [1.54, 1.807) is 0 Å². The molecule has 1 aliphatic heterocycles. The largest absolute Gasteiger partial charge is 0.369 e. The normalized spacial score (nSPS) is 24.3. The van der Waals surface area contributed by atoms with Gasteiger partial charge in [0.2, 0.25) is 5.95 Å². The number of hydrogen-bond acceptors (Lipinski definition) is 6. The predicted octanol–water partition coefficient (Wildman–Crippen LogP) is 0.784. The maximum Gasteiger partial charge on any atom is 0.222 e. The lowest BCUT2D eigenvalue weighted by molar-refractivity contribution is 0.595. The molecule has 1 fully saturated rings. The summed E-state index contributed by atoms with van der Waals surface area (Å²) in [7, 11) is -2.82. The minimum Gasteiger partial charge on any atom is -0.369 e. The zero-order chi connectivity index (χ0) is 14.2. The van der Waals surface area contributed by atoms with Crippen LogP contribution in [0, 0.1) is 5.92 Å². The van der Waals surface area contributed by atoms with Gasteiger partial charge in [0.1, 0.15) is 5.82 Å². The molecule has 6 nitrogen and oxygen atoms in total. The van der Waals surface area contributed by atoms with Crippen LogP contribution in [0.2, 0.25) is 0 Å². The molecule has 0 amide bonds. The number of sulfone groups is 1. The summed E-state index contributed by atoms with van der Waals surface area (Å²) in [5.41, 5.74) is 7.96. The van der Waals surface area contributed by atoms with Gasteiger partial charge >= 0.3 is 0 Å². The van der Waals surface area contributed by atoms with Gasteiger partial charge in [0.05, 0.1) is 17.2 Å². The van der Waals surface area contributed by atoms with E-state index in [-0.39, 0.29) is 11.7 Å². The molecule has 0 saturated carbocycles. The molecule has 110 valence electrons. The van der Waals surface area contributed by atoms with Crippen LogP contribution in [0.15, 0.2) is 0 Å². The Balaban J connectivity index is 1.73. The van der Waals surface area contributed by atoms with Crippen molar-refractivity contribution in [2.24, 2.45) is 5.92 Å². The molecule has 0 unspecified atom stereocenters. The summed E-state index contributed by atoms with van der Waals surface area (Å²) in [5.74, 6) is 1.87. The highest BCUT2D eigenvalue weighted by molar-refractivity contribution is 7.91. The van der Waals surface area contributed by atoms with Crippen LogP contribution in [0.3, 0.4) is 0 Å². The summed E-state index contributed by atoms with van der Waals surface area (Å²) in [6.45, 7) is 0.641. The second-order valence-electron chi connectivity index (χ2n) is 5.71. The van der Waals surface area contributed by atoms with Gasteiger partial charge in [-0.25, -0.2) is 13.4 Å². The molecule has 0 radical (unpaired) electrons. The van der Waals surface area contributed by atoms with Crippen molar-refractivity contribution in [2.75, 3.05) is 29.1 Å². The van der Waals surface area contributed by atoms with Crippen molar-refractivity contribution in [3.05, 3.63) is 11.3 Å². The maximum atomic E-state index is 11.5. The van der Waals surface area contributed by atoms with Gasteiger partial charge < -0.3 is 11.1 Å². The quantitative estimate of drug-likeness (QED) is 0.855. The number of rotatable bonds is 3. The summed E-state index contributed by atoms with van der Waals surface area (Å²) in [5, 5.41) is 3.30. The van der Waals surface area contributed by atoms with E-state index in [1.807, 2.05) is 0 Å². The van der Waals surface area contributed by atoms with Crippen LogP contribution < -0.4 is 11.1 Å². The van der Waals surface area contributed by atoms with Crippen molar-refractivity contribution in [2.45, 2.75) is 32.1 Å². The molecule has 1 saturated heterocycles. The summed E-state index contributed by atoms with van der Waals surface area (Å²) in [6.07, 6.45) is 4.95. The van der Waals surface area contributed by atoms with E-state index in [1.165, 1.54) is 0 Å². The lowest BCUT2D eigenvalue weighted by Crippen LogP contribution is -2.20. The Morgan fingerprint density at radius 1 is 1.25 bits per heavy atom. The number of nitrogens with zero attached hydrogens (tertiary/aromatic N) is 2. The van der Waals surface area contributed by atoms with Gasteiger partial charge in [-0.1, -0.05) is 0 Å². The minimum atomic E-state index is -2.82. The number of fused-ring (bicyclic) bond motifs is 1. The Hall–Kier alpha value is -1.37. The Morgan fingerprint density at radius 2 is 2.05 bits per heavy atom. The zero-order valence-electron chi connectivity index (χ0n) is 11.4. The fourth-order valence-corrected chi connectivity index (χ4v) is 4.90. The Morgan fingerprint density at radius 3 is 2.80 bits per heavy atom. The maximum absolute atomic E-state index is 11.5. The molecule has 1 aromatic heterocycles. The molecule has 3 N–H and O–H groups in total. The SMILES string of the molecule is Nc1nc2c(c(NC[C@@H]3CCS(=O)(=O)C3)n1)CCCC2. The molecule has 3 rings (SSSR count). The number of aromatic nitrogens is 2. The molecule has 0 bridgehead atoms. The van der Waals surface area contributed by atoms with Gasteiger partial charge in [0.25, 0.3) is 0 Å². The van der Waals surface area contributed by atoms with Gasteiger partial charge in [-0.2, -0.15) is 4.98 Å². The van der Waals surface area contributed by atoms with Gasteiger partial charge in [-0.05, 0) is 38.0 Å². The van der Waals surface area contributed by atoms with Crippen molar-refractivity contribution in [1.29, 1.82) is 0 Å². The highest BCUT2D eigenvalue weighted by atomic mass is 32.2. The van der Waals surface area contributed by atoms with Gasteiger partial charge in [-0.15, -0.1) is 0 Å². The molecule has 1 atom stereocenters. The molecule has 2 aliphatic rings.